The first-order valence-corrected chi connectivity index (χ1v) is 10.1. The monoisotopic (exact) mass is 351 g/mol. The van der Waals surface area contributed by atoms with E-state index >= 15 is 0 Å². The predicted octanol–water partition coefficient (Wildman–Crippen LogP) is 3.92. The number of nitrogens with one attached hydrogen (secondary N) is 1. The van der Waals surface area contributed by atoms with Crippen molar-refractivity contribution in [1.82, 2.24) is 14.3 Å². The van der Waals surface area contributed by atoms with Crippen LogP contribution in [0.3, 0.4) is 0 Å². The van der Waals surface area contributed by atoms with Crippen molar-refractivity contribution in [3.8, 4) is 10.6 Å². The number of likely N-dealkylation sites (tertiary alicyclic amines) is 1. The summed E-state index contributed by atoms with van der Waals surface area (Å²) >= 11 is 1.78. The van der Waals surface area contributed by atoms with Gasteiger partial charge in [0, 0.05) is 6.54 Å². The number of benzene rings is 1. The molecule has 128 valence electrons. The number of piperidine rings is 1. The number of para-hydroxylation sites is 2. The topological polar surface area (TPSA) is 27.3 Å². The Morgan fingerprint density at radius 3 is 2.76 bits per heavy atom. The molecule has 5 heteroatoms. The molecule has 0 atom stereocenters. The molecule has 4 aromatic rings. The average Bonchev–Trinajstić information content (AvgIpc) is 3.37. The summed E-state index contributed by atoms with van der Waals surface area (Å²) in [6.07, 6.45) is 6.33. The number of thiophene rings is 1. The molecule has 0 bridgehead atoms. The number of nitrogens with zero attached hydrogens (tertiary/aromatic N) is 3. The van der Waals surface area contributed by atoms with Gasteiger partial charge in [0.15, 0.2) is 0 Å². The quantitative estimate of drug-likeness (QED) is 0.554. The molecule has 1 fully saturated rings. The van der Waals surface area contributed by atoms with Gasteiger partial charge >= 0.3 is 5.78 Å². The van der Waals surface area contributed by atoms with Crippen molar-refractivity contribution < 1.29 is 4.57 Å². The zero-order valence-corrected chi connectivity index (χ0v) is 15.1. The highest BCUT2D eigenvalue weighted by Gasteiger charge is 2.22. The molecule has 0 aliphatic carbocycles. The van der Waals surface area contributed by atoms with Gasteiger partial charge in [-0.05, 0) is 49.5 Å². The Hall–Kier alpha value is -2.11. The normalized spacial score (nSPS) is 16.2. The second kappa shape index (κ2) is 6.32. The Morgan fingerprint density at radius 2 is 1.92 bits per heavy atom. The first-order chi connectivity index (χ1) is 12.4. The second-order valence-electron chi connectivity index (χ2n) is 6.88. The van der Waals surface area contributed by atoms with Crippen LogP contribution < -0.4 is 4.57 Å². The van der Waals surface area contributed by atoms with Crippen molar-refractivity contribution in [3.05, 3.63) is 48.0 Å². The van der Waals surface area contributed by atoms with Crippen LogP contribution in [0.25, 0.3) is 27.4 Å². The van der Waals surface area contributed by atoms with Gasteiger partial charge in [0.1, 0.15) is 22.9 Å². The van der Waals surface area contributed by atoms with Gasteiger partial charge in [0.2, 0.25) is 0 Å². The van der Waals surface area contributed by atoms with Crippen molar-refractivity contribution in [2.45, 2.75) is 25.8 Å². The van der Waals surface area contributed by atoms with Crippen LogP contribution in [0.1, 0.15) is 19.3 Å². The summed E-state index contributed by atoms with van der Waals surface area (Å²) in [6.45, 7) is 4.66. The molecule has 25 heavy (non-hydrogen) atoms. The third-order valence-electron chi connectivity index (χ3n) is 5.30. The molecule has 0 amide bonds. The van der Waals surface area contributed by atoms with E-state index in [1.807, 2.05) is 0 Å². The van der Waals surface area contributed by atoms with Crippen LogP contribution in [0, 0.1) is 0 Å². The molecule has 0 saturated carbocycles. The van der Waals surface area contributed by atoms with Gasteiger partial charge < -0.3 is 4.90 Å². The summed E-state index contributed by atoms with van der Waals surface area (Å²) in [6, 6.07) is 13.0. The lowest BCUT2D eigenvalue weighted by molar-refractivity contribution is -0.647. The molecular weight excluding hydrogens is 328 g/mol. The largest absolute Gasteiger partial charge is 0.368 e. The highest BCUT2D eigenvalue weighted by molar-refractivity contribution is 7.13. The number of H-pyrrole nitrogens is 1. The van der Waals surface area contributed by atoms with Gasteiger partial charge in [-0.3, -0.25) is 0 Å². The Bertz CT molecular complexity index is 990. The van der Waals surface area contributed by atoms with Crippen LogP contribution in [-0.2, 0) is 6.54 Å². The molecule has 4 nitrogen and oxygen atoms in total. The lowest BCUT2D eigenvalue weighted by Crippen LogP contribution is -2.42. The van der Waals surface area contributed by atoms with E-state index in [1.54, 1.807) is 11.3 Å². The van der Waals surface area contributed by atoms with Gasteiger partial charge in [-0.1, -0.05) is 24.6 Å². The lowest BCUT2D eigenvalue weighted by Gasteiger charge is -2.25. The lowest BCUT2D eigenvalue weighted by atomic mass is 10.1. The Kier molecular flexibility index (Phi) is 3.83. The zero-order chi connectivity index (χ0) is 16.6. The minimum atomic E-state index is 1.03. The maximum absolute atomic E-state index is 3.66. The van der Waals surface area contributed by atoms with Gasteiger partial charge in [-0.15, -0.1) is 11.3 Å². The van der Waals surface area contributed by atoms with E-state index in [0.717, 1.165) is 13.1 Å². The number of fused-ring (bicyclic) bond motifs is 3. The third-order valence-corrected chi connectivity index (χ3v) is 6.20. The molecule has 0 unspecified atom stereocenters. The Labute approximate surface area is 151 Å². The first kappa shape index (κ1) is 15.2. The number of aromatic nitrogens is 3. The Morgan fingerprint density at radius 1 is 1.04 bits per heavy atom. The van der Waals surface area contributed by atoms with Crippen molar-refractivity contribution in [2.24, 2.45) is 0 Å². The van der Waals surface area contributed by atoms with Crippen LogP contribution >= 0.6 is 11.3 Å². The summed E-state index contributed by atoms with van der Waals surface area (Å²) in [5, 5.41) is 2.13. The van der Waals surface area contributed by atoms with E-state index in [1.165, 1.54) is 59.7 Å². The molecular formula is C20H23N4S+. The van der Waals surface area contributed by atoms with E-state index in [0.29, 0.717) is 0 Å². The smallest absolute Gasteiger partial charge is 0.300 e. The predicted molar refractivity (Wildman–Crippen MR) is 103 cm³/mol. The molecule has 3 aromatic heterocycles. The molecule has 1 aliphatic heterocycles. The number of hydrogen-bond acceptors (Lipinski definition) is 2. The SMILES string of the molecule is c1csc(-c2cn3c4ccccc4[n+](CCN4CCCCC4)c3[nH]2)c1. The van der Waals surface area contributed by atoms with Gasteiger partial charge in [0.05, 0.1) is 11.4 Å². The van der Waals surface area contributed by atoms with Gasteiger partial charge in [-0.2, -0.15) is 4.40 Å². The molecule has 0 radical (unpaired) electrons. The third kappa shape index (κ3) is 2.68. The standard InChI is InChI=1S/C20H22N4S/c1-4-10-22(11-5-1)12-13-23-17-7-2-3-8-18(17)24-15-16(21-20(23)24)19-9-6-14-25-19/h2-3,6-9,14-15H,1,4-5,10-13H2/p+1. The Balaban J connectivity index is 1.56. The molecule has 1 aliphatic rings. The fraction of sp³-hybridized carbons (Fsp3) is 0.350. The van der Waals surface area contributed by atoms with Crippen LogP contribution in [0.15, 0.2) is 48.0 Å². The molecule has 0 spiro atoms. The molecule has 1 saturated heterocycles. The van der Waals surface area contributed by atoms with Crippen LogP contribution in [0.5, 0.6) is 0 Å². The average molecular weight is 351 g/mol. The molecule has 4 heterocycles. The molecule has 5 rings (SSSR count). The first-order valence-electron chi connectivity index (χ1n) is 9.18. The maximum Gasteiger partial charge on any atom is 0.368 e. The molecule has 1 aromatic carbocycles. The van der Waals surface area contributed by atoms with Crippen LogP contribution in [-0.4, -0.2) is 33.9 Å². The van der Waals surface area contributed by atoms with Crippen molar-refractivity contribution in [3.63, 3.8) is 0 Å². The summed E-state index contributed by atoms with van der Waals surface area (Å²) in [5.74, 6) is 1.18. The summed E-state index contributed by atoms with van der Waals surface area (Å²) in [4.78, 5) is 7.56. The van der Waals surface area contributed by atoms with Crippen molar-refractivity contribution in [1.29, 1.82) is 0 Å². The van der Waals surface area contributed by atoms with E-state index in [9.17, 15) is 0 Å². The minimum Gasteiger partial charge on any atom is -0.300 e. The van der Waals surface area contributed by atoms with Crippen molar-refractivity contribution in [2.75, 3.05) is 19.6 Å². The highest BCUT2D eigenvalue weighted by Crippen LogP contribution is 2.25. The highest BCUT2D eigenvalue weighted by atomic mass is 32.1. The fourth-order valence-electron chi connectivity index (χ4n) is 4.00. The number of aromatic amines is 1. The van der Waals surface area contributed by atoms with Gasteiger partial charge in [0.25, 0.3) is 0 Å². The van der Waals surface area contributed by atoms with E-state index in [-0.39, 0.29) is 0 Å². The summed E-state index contributed by atoms with van der Waals surface area (Å²) in [7, 11) is 0. The fourth-order valence-corrected chi connectivity index (χ4v) is 4.69. The minimum absolute atomic E-state index is 1.03. The van der Waals surface area contributed by atoms with Crippen LogP contribution in [0.4, 0.5) is 0 Å². The van der Waals surface area contributed by atoms with Crippen molar-refractivity contribution >= 4 is 28.1 Å². The number of rotatable bonds is 4. The maximum atomic E-state index is 3.66. The summed E-state index contributed by atoms with van der Waals surface area (Å²) in [5.41, 5.74) is 3.78. The van der Waals surface area contributed by atoms with Gasteiger partial charge in [-0.25, -0.2) is 9.55 Å². The van der Waals surface area contributed by atoms with Crippen LogP contribution in [0.2, 0.25) is 0 Å². The molecule has 1 N–H and O–H groups in total. The van der Waals surface area contributed by atoms with E-state index in [2.05, 4.69) is 66.8 Å². The second-order valence-corrected chi connectivity index (χ2v) is 7.83. The number of hydrogen-bond donors (Lipinski definition) is 1. The van der Waals surface area contributed by atoms with E-state index < -0.39 is 0 Å². The van der Waals surface area contributed by atoms with E-state index in [4.69, 9.17) is 0 Å². The summed E-state index contributed by atoms with van der Waals surface area (Å²) < 4.78 is 4.75. The number of imidazole rings is 2. The zero-order valence-electron chi connectivity index (χ0n) is 14.3.